The van der Waals surface area contributed by atoms with Gasteiger partial charge in [0.1, 0.15) is 19.3 Å². The molecule has 0 aliphatic rings. The summed E-state index contributed by atoms with van der Waals surface area (Å²) in [5.41, 5.74) is 0. The number of aliphatic hydroxyl groups excluding tert-OH is 1. The van der Waals surface area contributed by atoms with Gasteiger partial charge in [-0.25, -0.2) is 9.13 Å². The van der Waals surface area contributed by atoms with E-state index in [9.17, 15) is 43.2 Å². The van der Waals surface area contributed by atoms with Crippen LogP contribution in [0.2, 0.25) is 0 Å². The Morgan fingerprint density at radius 3 is 0.798 bits per heavy atom. The summed E-state index contributed by atoms with van der Waals surface area (Å²) in [5, 5.41) is 10.6. The maximum atomic E-state index is 13.0. The Morgan fingerprint density at radius 2 is 0.539 bits per heavy atom. The van der Waals surface area contributed by atoms with E-state index in [4.69, 9.17) is 37.0 Å². The minimum atomic E-state index is -4.95. The molecule has 0 amide bonds. The van der Waals surface area contributed by atoms with Crippen LogP contribution in [0.25, 0.3) is 0 Å². The third-order valence-electron chi connectivity index (χ3n) is 16.4. The average molecular weight is 1310 g/mol. The lowest BCUT2D eigenvalue weighted by atomic mass is 9.99. The number of ether oxygens (including phenoxy) is 4. The quantitative estimate of drug-likeness (QED) is 0.0222. The van der Waals surface area contributed by atoms with Gasteiger partial charge in [0.05, 0.1) is 26.4 Å². The van der Waals surface area contributed by atoms with Gasteiger partial charge in [0, 0.05) is 25.7 Å². The Balaban J connectivity index is 5.25. The largest absolute Gasteiger partial charge is 0.472 e. The summed E-state index contributed by atoms with van der Waals surface area (Å²) < 4.78 is 68.3. The Kier molecular flexibility index (Phi) is 58.5. The molecule has 0 aliphatic carbocycles. The van der Waals surface area contributed by atoms with Crippen molar-refractivity contribution in [1.29, 1.82) is 0 Å². The summed E-state index contributed by atoms with van der Waals surface area (Å²) in [4.78, 5) is 72.5. The molecule has 4 unspecified atom stereocenters. The lowest BCUT2D eigenvalue weighted by Gasteiger charge is -2.21. The molecule has 0 bridgehead atoms. The van der Waals surface area contributed by atoms with E-state index >= 15 is 0 Å². The maximum Gasteiger partial charge on any atom is 0.472 e. The predicted octanol–water partition coefficient (Wildman–Crippen LogP) is 19.7. The fraction of sp³-hybridized carbons (Fsp3) is 0.943. The van der Waals surface area contributed by atoms with Gasteiger partial charge in [0.25, 0.3) is 0 Å². The first-order chi connectivity index (χ1) is 42.6. The molecule has 0 aromatic rings. The molecule has 89 heavy (non-hydrogen) atoms. The van der Waals surface area contributed by atoms with E-state index in [2.05, 4.69) is 55.4 Å². The van der Waals surface area contributed by atoms with Crippen LogP contribution < -0.4 is 0 Å². The van der Waals surface area contributed by atoms with Gasteiger partial charge in [-0.05, 0) is 49.4 Å². The first kappa shape index (κ1) is 87.1. The number of esters is 4. The van der Waals surface area contributed by atoms with Crippen molar-refractivity contribution in [3.8, 4) is 0 Å². The van der Waals surface area contributed by atoms with Gasteiger partial charge in [-0.1, -0.05) is 293 Å². The van der Waals surface area contributed by atoms with Crippen molar-refractivity contribution in [2.75, 3.05) is 39.6 Å². The Bertz CT molecular complexity index is 1770. The number of carbonyl (C=O) groups is 4. The van der Waals surface area contributed by atoms with Gasteiger partial charge in [0.15, 0.2) is 12.2 Å². The summed E-state index contributed by atoms with van der Waals surface area (Å²) >= 11 is 0. The van der Waals surface area contributed by atoms with E-state index in [1.54, 1.807) is 0 Å². The Labute approximate surface area is 543 Å². The third kappa shape index (κ3) is 63.2. The van der Waals surface area contributed by atoms with E-state index in [-0.39, 0.29) is 25.7 Å². The van der Waals surface area contributed by atoms with Crippen LogP contribution in [0.4, 0.5) is 0 Å². The minimum Gasteiger partial charge on any atom is -0.462 e. The zero-order valence-electron chi connectivity index (χ0n) is 58.1. The number of phosphoric ester groups is 2. The topological polar surface area (TPSA) is 237 Å². The Morgan fingerprint density at radius 1 is 0.315 bits per heavy atom. The van der Waals surface area contributed by atoms with Crippen LogP contribution in [0.3, 0.4) is 0 Å². The number of hydrogen-bond acceptors (Lipinski definition) is 15. The summed E-state index contributed by atoms with van der Waals surface area (Å²) in [5.74, 6) is 0.854. The SMILES string of the molecule is CCC(C)CCCCCCCCCCCCC(=O)O[C@H](COC(=O)CCCCCCCCCCC(C)C)COP(=O)(O)OCC(O)COP(=O)(O)OC[C@@H](COC(=O)CCCCCCCCC(C)C)OC(=O)CCCCCCCCCCCCCCC(C)C. The summed E-state index contributed by atoms with van der Waals surface area (Å²) in [6, 6.07) is 0. The zero-order chi connectivity index (χ0) is 66.1. The molecule has 0 spiro atoms. The fourth-order valence-corrected chi connectivity index (χ4v) is 12.0. The molecule has 17 nitrogen and oxygen atoms in total. The zero-order valence-corrected chi connectivity index (χ0v) is 59.8. The van der Waals surface area contributed by atoms with Gasteiger partial charge >= 0.3 is 39.5 Å². The van der Waals surface area contributed by atoms with Gasteiger partial charge in [0.2, 0.25) is 0 Å². The summed E-state index contributed by atoms with van der Waals surface area (Å²) in [6.45, 7) is 14.1. The van der Waals surface area contributed by atoms with Crippen molar-refractivity contribution in [1.82, 2.24) is 0 Å². The molecule has 0 aliphatic heterocycles. The second-order valence-corrected chi connectivity index (χ2v) is 29.8. The molecule has 0 heterocycles. The molecule has 19 heteroatoms. The number of phosphoric acid groups is 2. The van der Waals surface area contributed by atoms with Gasteiger partial charge < -0.3 is 33.8 Å². The second kappa shape index (κ2) is 59.8. The molecule has 528 valence electrons. The molecule has 0 radical (unpaired) electrons. The molecule has 0 aromatic carbocycles. The van der Waals surface area contributed by atoms with Crippen molar-refractivity contribution in [3.63, 3.8) is 0 Å². The van der Waals surface area contributed by atoms with Gasteiger partial charge in [-0.3, -0.25) is 37.3 Å². The highest BCUT2D eigenvalue weighted by Gasteiger charge is 2.30. The van der Waals surface area contributed by atoms with Crippen LogP contribution >= 0.6 is 15.6 Å². The van der Waals surface area contributed by atoms with Crippen molar-refractivity contribution in [2.45, 2.75) is 363 Å². The molecule has 0 saturated carbocycles. The van der Waals surface area contributed by atoms with E-state index in [0.29, 0.717) is 31.6 Å². The van der Waals surface area contributed by atoms with Crippen LogP contribution in [0, 0.1) is 23.7 Å². The molecule has 0 aromatic heterocycles. The van der Waals surface area contributed by atoms with E-state index < -0.39 is 97.5 Å². The van der Waals surface area contributed by atoms with E-state index in [1.807, 2.05) is 0 Å². The van der Waals surface area contributed by atoms with Crippen LogP contribution in [-0.4, -0.2) is 96.7 Å². The number of hydrogen-bond donors (Lipinski definition) is 3. The summed E-state index contributed by atoms with van der Waals surface area (Å²) in [7, 11) is -9.90. The van der Waals surface area contributed by atoms with Crippen molar-refractivity contribution in [3.05, 3.63) is 0 Å². The van der Waals surface area contributed by atoms with E-state index in [1.165, 1.54) is 141 Å². The third-order valence-corrected chi connectivity index (χ3v) is 18.3. The number of unbranched alkanes of at least 4 members (excludes halogenated alkanes) is 32. The van der Waals surface area contributed by atoms with Crippen LogP contribution in [0.5, 0.6) is 0 Å². The lowest BCUT2D eigenvalue weighted by Crippen LogP contribution is -2.30. The molecule has 0 fully saturated rings. The first-order valence-corrected chi connectivity index (χ1v) is 39.2. The molecule has 0 rings (SSSR count). The van der Waals surface area contributed by atoms with Crippen molar-refractivity contribution in [2.24, 2.45) is 23.7 Å². The molecular formula is C70H136O17P2. The highest BCUT2D eigenvalue weighted by atomic mass is 31.2. The number of aliphatic hydroxyl groups is 1. The average Bonchev–Trinajstić information content (AvgIpc) is 3.56. The van der Waals surface area contributed by atoms with Crippen LogP contribution in [0.15, 0.2) is 0 Å². The highest BCUT2D eigenvalue weighted by molar-refractivity contribution is 7.47. The van der Waals surface area contributed by atoms with Gasteiger partial charge in [-0.2, -0.15) is 0 Å². The predicted molar refractivity (Wildman–Crippen MR) is 358 cm³/mol. The number of carbonyl (C=O) groups excluding carboxylic acids is 4. The molecular weight excluding hydrogens is 1170 g/mol. The number of rotatable bonds is 67. The standard InChI is InChI=1S/C70H136O17P2/c1-9-63(8)49-41-33-24-17-14-15-19-27-37-45-53-70(75)86-65(56-80-67(72)50-42-34-25-21-20-23-31-39-47-61(4)5)58-84-88(76,77)82-54-64(71)55-83-89(78,79)85-59-66(57-81-68(73)51-43-35-29-28-32-40-48-62(6)7)87-69(74)52-44-36-26-18-13-11-10-12-16-22-30-38-46-60(2)3/h60-66,71H,9-59H2,1-8H3,(H,76,77)(H,78,79)/t63?,64?,65-,66-/m1/s1. The smallest absolute Gasteiger partial charge is 0.462 e. The van der Waals surface area contributed by atoms with E-state index in [0.717, 1.165) is 114 Å². The van der Waals surface area contributed by atoms with Crippen molar-refractivity contribution < 1.29 is 80.2 Å². The maximum absolute atomic E-state index is 13.0. The highest BCUT2D eigenvalue weighted by Crippen LogP contribution is 2.45. The van der Waals surface area contributed by atoms with Gasteiger partial charge in [-0.15, -0.1) is 0 Å². The Hall–Kier alpha value is -1.94. The minimum absolute atomic E-state index is 0.105. The molecule has 6 atom stereocenters. The first-order valence-electron chi connectivity index (χ1n) is 36.2. The summed E-state index contributed by atoms with van der Waals surface area (Å²) in [6.07, 6.45) is 41.8. The normalized spacial score (nSPS) is 14.6. The van der Waals surface area contributed by atoms with Crippen LogP contribution in [0.1, 0.15) is 344 Å². The van der Waals surface area contributed by atoms with Crippen molar-refractivity contribution >= 4 is 39.5 Å². The molecule has 0 saturated heterocycles. The fourth-order valence-electron chi connectivity index (χ4n) is 10.5. The van der Waals surface area contributed by atoms with Crippen LogP contribution in [-0.2, 0) is 65.4 Å². The lowest BCUT2D eigenvalue weighted by molar-refractivity contribution is -0.161. The monoisotopic (exact) mass is 1310 g/mol. The second-order valence-electron chi connectivity index (χ2n) is 26.9. The molecule has 3 N–H and O–H groups in total.